The highest BCUT2D eigenvalue weighted by Gasteiger charge is 2.42. The fourth-order valence-corrected chi connectivity index (χ4v) is 3.65. The van der Waals surface area contributed by atoms with Crippen molar-refractivity contribution in [3.8, 4) is 5.75 Å². The SMILES string of the molecule is CC1(C(N)=O)CCN(C2CCCc3c(O)cccc32)C1. The molecule has 108 valence electrons. The quantitative estimate of drug-likeness (QED) is 0.866. The average Bonchev–Trinajstić information content (AvgIpc) is 2.83. The molecule has 0 radical (unpaired) electrons. The fraction of sp³-hybridized carbons (Fsp3) is 0.562. The average molecular weight is 274 g/mol. The number of amides is 1. The molecule has 0 spiro atoms. The Morgan fingerprint density at radius 1 is 1.50 bits per heavy atom. The lowest BCUT2D eigenvalue weighted by atomic mass is 9.85. The molecule has 2 unspecified atom stereocenters. The molecule has 1 heterocycles. The van der Waals surface area contributed by atoms with Gasteiger partial charge in [0.05, 0.1) is 5.41 Å². The second kappa shape index (κ2) is 4.77. The summed E-state index contributed by atoms with van der Waals surface area (Å²) in [5, 5.41) is 10.0. The third-order valence-corrected chi connectivity index (χ3v) is 4.99. The van der Waals surface area contributed by atoms with Gasteiger partial charge in [-0.15, -0.1) is 0 Å². The minimum atomic E-state index is -0.408. The predicted octanol–water partition coefficient (Wildman–Crippen LogP) is 1.97. The van der Waals surface area contributed by atoms with Crippen LogP contribution in [0.3, 0.4) is 0 Å². The van der Waals surface area contributed by atoms with Crippen LogP contribution in [0.5, 0.6) is 5.75 Å². The number of benzene rings is 1. The molecule has 1 aromatic rings. The van der Waals surface area contributed by atoms with Gasteiger partial charge >= 0.3 is 0 Å². The van der Waals surface area contributed by atoms with Crippen LogP contribution in [0.4, 0.5) is 0 Å². The number of carbonyl (C=O) groups is 1. The number of hydrogen-bond donors (Lipinski definition) is 2. The molecule has 1 fully saturated rings. The Bertz CT molecular complexity index is 543. The maximum atomic E-state index is 11.6. The monoisotopic (exact) mass is 274 g/mol. The van der Waals surface area contributed by atoms with Gasteiger partial charge in [-0.2, -0.15) is 0 Å². The third-order valence-electron chi connectivity index (χ3n) is 4.99. The first kappa shape index (κ1) is 13.4. The maximum Gasteiger partial charge on any atom is 0.224 e. The second-order valence-electron chi connectivity index (χ2n) is 6.40. The zero-order valence-corrected chi connectivity index (χ0v) is 11.9. The number of hydrogen-bond acceptors (Lipinski definition) is 3. The number of aromatic hydroxyl groups is 1. The number of rotatable bonds is 2. The van der Waals surface area contributed by atoms with Gasteiger partial charge in [0.15, 0.2) is 0 Å². The Morgan fingerprint density at radius 3 is 3.00 bits per heavy atom. The zero-order valence-electron chi connectivity index (χ0n) is 11.9. The first-order valence-corrected chi connectivity index (χ1v) is 7.36. The number of fused-ring (bicyclic) bond motifs is 1. The molecule has 0 bridgehead atoms. The van der Waals surface area contributed by atoms with Crippen LogP contribution in [0.15, 0.2) is 18.2 Å². The predicted molar refractivity (Wildman–Crippen MR) is 77.3 cm³/mol. The minimum absolute atomic E-state index is 0.202. The summed E-state index contributed by atoms with van der Waals surface area (Å²) in [7, 11) is 0. The van der Waals surface area contributed by atoms with Crippen molar-refractivity contribution in [2.24, 2.45) is 11.1 Å². The summed E-state index contributed by atoms with van der Waals surface area (Å²) in [5.74, 6) is 0.205. The van der Waals surface area contributed by atoms with Gasteiger partial charge in [0.25, 0.3) is 0 Å². The van der Waals surface area contributed by atoms with Crippen LogP contribution in [-0.4, -0.2) is 29.0 Å². The van der Waals surface area contributed by atoms with Gasteiger partial charge in [0.2, 0.25) is 5.91 Å². The second-order valence-corrected chi connectivity index (χ2v) is 6.40. The van der Waals surface area contributed by atoms with Gasteiger partial charge in [-0.25, -0.2) is 0 Å². The number of nitrogens with two attached hydrogens (primary N) is 1. The molecular weight excluding hydrogens is 252 g/mol. The van der Waals surface area contributed by atoms with Crippen molar-refractivity contribution in [1.82, 2.24) is 4.90 Å². The molecule has 20 heavy (non-hydrogen) atoms. The van der Waals surface area contributed by atoms with E-state index in [0.717, 1.165) is 44.3 Å². The van der Waals surface area contributed by atoms with Gasteiger partial charge in [0, 0.05) is 12.6 Å². The van der Waals surface area contributed by atoms with Crippen LogP contribution in [0.25, 0.3) is 0 Å². The number of carbonyl (C=O) groups excluding carboxylic acids is 1. The fourth-order valence-electron chi connectivity index (χ4n) is 3.65. The van der Waals surface area contributed by atoms with Gasteiger partial charge in [-0.1, -0.05) is 12.1 Å². The van der Waals surface area contributed by atoms with Gasteiger partial charge in [-0.05, 0) is 56.3 Å². The Kier molecular flexibility index (Phi) is 3.21. The lowest BCUT2D eigenvalue weighted by Gasteiger charge is -2.34. The molecule has 1 saturated heterocycles. The van der Waals surface area contributed by atoms with E-state index < -0.39 is 5.41 Å². The first-order chi connectivity index (χ1) is 9.51. The van der Waals surface area contributed by atoms with Crippen molar-refractivity contribution in [1.29, 1.82) is 0 Å². The molecule has 3 rings (SSSR count). The highest BCUT2D eigenvalue weighted by molar-refractivity contribution is 5.81. The number of phenolic OH excluding ortho intramolecular Hbond substituents is 1. The van der Waals surface area contributed by atoms with Crippen molar-refractivity contribution in [3.63, 3.8) is 0 Å². The van der Waals surface area contributed by atoms with Crippen molar-refractivity contribution < 1.29 is 9.90 Å². The molecule has 4 nitrogen and oxygen atoms in total. The van der Waals surface area contributed by atoms with E-state index in [2.05, 4.69) is 11.0 Å². The van der Waals surface area contributed by atoms with Crippen molar-refractivity contribution >= 4 is 5.91 Å². The highest BCUT2D eigenvalue weighted by atomic mass is 16.3. The summed E-state index contributed by atoms with van der Waals surface area (Å²) >= 11 is 0. The molecule has 3 N–H and O–H groups in total. The summed E-state index contributed by atoms with van der Waals surface area (Å²) in [6.45, 7) is 3.59. The van der Waals surface area contributed by atoms with E-state index in [0.29, 0.717) is 11.8 Å². The Balaban J connectivity index is 1.88. The largest absolute Gasteiger partial charge is 0.508 e. The molecular formula is C16H22N2O2. The van der Waals surface area contributed by atoms with Crippen LogP contribution in [-0.2, 0) is 11.2 Å². The van der Waals surface area contributed by atoms with E-state index in [-0.39, 0.29) is 5.91 Å². The first-order valence-electron chi connectivity index (χ1n) is 7.36. The zero-order chi connectivity index (χ0) is 14.3. The standard InChI is InChI=1S/C16H22N2O2/c1-16(15(17)20)8-9-18(10-16)13-6-2-5-12-11(13)4-3-7-14(12)19/h3-4,7,13,19H,2,5-6,8-10H2,1H3,(H2,17,20). The van der Waals surface area contributed by atoms with Gasteiger partial charge in [0.1, 0.15) is 5.75 Å². The number of nitrogens with zero attached hydrogens (tertiary/aromatic N) is 1. The summed E-state index contributed by atoms with van der Waals surface area (Å²) in [5.41, 5.74) is 7.44. The minimum Gasteiger partial charge on any atom is -0.508 e. The van der Waals surface area contributed by atoms with Crippen LogP contribution >= 0.6 is 0 Å². The third kappa shape index (κ3) is 2.08. The topological polar surface area (TPSA) is 66.6 Å². The van der Waals surface area contributed by atoms with Crippen LogP contribution < -0.4 is 5.73 Å². The van der Waals surface area contributed by atoms with E-state index in [4.69, 9.17) is 5.73 Å². The van der Waals surface area contributed by atoms with E-state index in [1.807, 2.05) is 13.0 Å². The number of phenols is 1. The van der Waals surface area contributed by atoms with E-state index in [9.17, 15) is 9.90 Å². The molecule has 4 heteroatoms. The molecule has 1 aliphatic carbocycles. The highest BCUT2D eigenvalue weighted by Crippen LogP contribution is 2.42. The lowest BCUT2D eigenvalue weighted by Crippen LogP contribution is -2.38. The number of likely N-dealkylation sites (tertiary alicyclic amines) is 1. The molecule has 1 aliphatic heterocycles. The maximum absolute atomic E-state index is 11.6. The molecule has 2 aliphatic rings. The van der Waals surface area contributed by atoms with Crippen molar-refractivity contribution in [2.75, 3.05) is 13.1 Å². The van der Waals surface area contributed by atoms with Crippen LogP contribution in [0, 0.1) is 5.41 Å². The Morgan fingerprint density at radius 2 is 2.30 bits per heavy atom. The summed E-state index contributed by atoms with van der Waals surface area (Å²) in [4.78, 5) is 14.0. The van der Waals surface area contributed by atoms with Crippen LogP contribution in [0.2, 0.25) is 0 Å². The van der Waals surface area contributed by atoms with E-state index in [1.165, 1.54) is 5.56 Å². The normalized spacial score (nSPS) is 30.1. The lowest BCUT2D eigenvalue weighted by molar-refractivity contribution is -0.126. The molecule has 2 atom stereocenters. The van der Waals surface area contributed by atoms with E-state index >= 15 is 0 Å². The van der Waals surface area contributed by atoms with Gasteiger partial charge < -0.3 is 10.8 Å². The molecule has 1 amide bonds. The Labute approximate surface area is 119 Å². The molecule has 1 aromatic carbocycles. The van der Waals surface area contributed by atoms with Crippen molar-refractivity contribution in [2.45, 2.75) is 38.6 Å². The smallest absolute Gasteiger partial charge is 0.224 e. The molecule has 0 saturated carbocycles. The van der Waals surface area contributed by atoms with Gasteiger partial charge in [-0.3, -0.25) is 9.69 Å². The number of primary amides is 1. The Hall–Kier alpha value is -1.55. The van der Waals surface area contributed by atoms with Crippen LogP contribution in [0.1, 0.15) is 43.4 Å². The summed E-state index contributed by atoms with van der Waals surface area (Å²) < 4.78 is 0. The molecule has 0 aromatic heterocycles. The summed E-state index contributed by atoms with van der Waals surface area (Å²) in [6, 6.07) is 6.10. The summed E-state index contributed by atoms with van der Waals surface area (Å²) in [6.07, 6.45) is 3.94. The van der Waals surface area contributed by atoms with Crippen molar-refractivity contribution in [3.05, 3.63) is 29.3 Å². The van der Waals surface area contributed by atoms with E-state index in [1.54, 1.807) is 6.07 Å².